The van der Waals surface area contributed by atoms with E-state index in [2.05, 4.69) is 41.4 Å². The van der Waals surface area contributed by atoms with Crippen LogP contribution in [0.3, 0.4) is 0 Å². The zero-order valence-corrected chi connectivity index (χ0v) is 19.0. The van der Waals surface area contributed by atoms with Crippen LogP contribution in [0.15, 0.2) is 51.8 Å². The van der Waals surface area contributed by atoms with Gasteiger partial charge in [-0.05, 0) is 60.2 Å². The summed E-state index contributed by atoms with van der Waals surface area (Å²) in [5, 5.41) is 0. The van der Waals surface area contributed by atoms with E-state index in [1.165, 1.54) is 4.31 Å². The van der Waals surface area contributed by atoms with E-state index in [1.54, 1.807) is 19.1 Å². The van der Waals surface area contributed by atoms with Crippen LogP contribution in [0, 0.1) is 0 Å². The molecule has 0 saturated heterocycles. The van der Waals surface area contributed by atoms with Crippen LogP contribution in [0.25, 0.3) is 0 Å². The van der Waals surface area contributed by atoms with Crippen molar-refractivity contribution >= 4 is 38.1 Å². The Kier molecular flexibility index (Phi) is 7.28. The quantitative estimate of drug-likeness (QED) is 0.612. The molecule has 0 bridgehead atoms. The van der Waals surface area contributed by atoms with Gasteiger partial charge in [0.15, 0.2) is 0 Å². The molecule has 3 rings (SSSR count). The van der Waals surface area contributed by atoms with Gasteiger partial charge in [0.1, 0.15) is 0 Å². The number of anilines is 1. The van der Waals surface area contributed by atoms with Crippen molar-refractivity contribution in [2.75, 3.05) is 17.5 Å². The van der Waals surface area contributed by atoms with Crippen molar-refractivity contribution in [2.45, 2.75) is 44.4 Å². The van der Waals surface area contributed by atoms with Gasteiger partial charge in [-0.1, -0.05) is 48.8 Å². The minimum Gasteiger partial charge on any atom is -0.468 e. The first-order chi connectivity index (χ1) is 13.1. The molecule has 2 aromatic rings. The molecule has 0 aromatic heterocycles. The summed E-state index contributed by atoms with van der Waals surface area (Å²) in [5.74, 6) is 0. The first-order valence-electron chi connectivity index (χ1n) is 9.08. The average Bonchev–Trinajstić information content (AvgIpc) is 3.06. The first-order valence-corrected chi connectivity index (χ1v) is 11.3. The van der Waals surface area contributed by atoms with Crippen LogP contribution in [0.4, 0.5) is 5.69 Å². The number of ether oxygens (including phenoxy) is 1. The molecule has 0 atom stereocenters. The van der Waals surface area contributed by atoms with Crippen molar-refractivity contribution in [3.8, 4) is 0 Å². The average molecular weight is 468 g/mol. The Bertz CT molecular complexity index is 918. The number of hydrogen-bond acceptors (Lipinski definition) is 4. The highest BCUT2D eigenvalue weighted by molar-refractivity contribution is 9.10. The monoisotopic (exact) mass is 467 g/mol. The maximum atomic E-state index is 13.0. The third-order valence-electron chi connectivity index (χ3n) is 4.44. The molecule has 0 radical (unpaired) electrons. The van der Waals surface area contributed by atoms with E-state index < -0.39 is 10.0 Å². The van der Waals surface area contributed by atoms with Crippen LogP contribution in [-0.4, -0.2) is 28.0 Å². The van der Waals surface area contributed by atoms with Gasteiger partial charge in [-0.25, -0.2) is 8.42 Å². The Morgan fingerprint density at radius 2 is 1.79 bits per heavy atom. The predicted molar refractivity (Wildman–Crippen MR) is 115 cm³/mol. The van der Waals surface area contributed by atoms with Crippen LogP contribution in [0.1, 0.15) is 38.8 Å². The van der Waals surface area contributed by atoms with E-state index in [9.17, 15) is 13.2 Å². The van der Waals surface area contributed by atoms with Crippen molar-refractivity contribution in [3.63, 3.8) is 0 Å². The van der Waals surface area contributed by atoms with Gasteiger partial charge in [-0.2, -0.15) is 0 Å². The fourth-order valence-electron chi connectivity index (χ4n) is 2.91. The van der Waals surface area contributed by atoms with E-state index in [0.717, 1.165) is 27.7 Å². The summed E-state index contributed by atoms with van der Waals surface area (Å²) in [6, 6.07) is 13.0. The topological polar surface area (TPSA) is 63.7 Å². The Balaban J connectivity index is 0.000000500. The number of nitrogens with zero attached hydrogens (tertiary/aromatic N) is 1. The zero-order chi connectivity index (χ0) is 20.9. The van der Waals surface area contributed by atoms with E-state index in [0.29, 0.717) is 24.5 Å². The largest absolute Gasteiger partial charge is 0.468 e. The lowest BCUT2D eigenvalue weighted by atomic mass is 9.87. The molecule has 0 N–H and O–H groups in total. The molecule has 0 aliphatic carbocycles. The molecule has 0 spiro atoms. The third-order valence-corrected chi connectivity index (χ3v) is 6.76. The van der Waals surface area contributed by atoms with Crippen LogP contribution >= 0.6 is 15.9 Å². The highest BCUT2D eigenvalue weighted by atomic mass is 79.9. The van der Waals surface area contributed by atoms with Crippen LogP contribution in [0.5, 0.6) is 0 Å². The van der Waals surface area contributed by atoms with Gasteiger partial charge in [0.25, 0.3) is 16.5 Å². The van der Waals surface area contributed by atoms with Gasteiger partial charge >= 0.3 is 0 Å². The molecule has 5 nitrogen and oxygen atoms in total. The van der Waals surface area contributed by atoms with Crippen molar-refractivity contribution in [1.82, 2.24) is 0 Å². The zero-order valence-electron chi connectivity index (χ0n) is 16.6. The minimum atomic E-state index is -3.51. The molecule has 7 heteroatoms. The highest BCUT2D eigenvalue weighted by Crippen LogP contribution is 2.35. The van der Waals surface area contributed by atoms with Crippen LogP contribution in [0.2, 0.25) is 0 Å². The Hall–Kier alpha value is -1.86. The number of sulfonamides is 1. The summed E-state index contributed by atoms with van der Waals surface area (Å²) < 4.78 is 32.6. The summed E-state index contributed by atoms with van der Waals surface area (Å²) in [5.41, 5.74) is 2.99. The van der Waals surface area contributed by atoms with Gasteiger partial charge in [0, 0.05) is 11.0 Å². The van der Waals surface area contributed by atoms with Gasteiger partial charge in [-0.15, -0.1) is 0 Å². The summed E-state index contributed by atoms with van der Waals surface area (Å²) in [6.07, 6.45) is 0.744. The van der Waals surface area contributed by atoms with E-state index >= 15 is 0 Å². The molecular weight excluding hydrogens is 442 g/mol. The third kappa shape index (κ3) is 5.14. The minimum absolute atomic E-state index is 0.00874. The summed E-state index contributed by atoms with van der Waals surface area (Å²) in [4.78, 5) is 9.53. The predicted octanol–water partition coefficient (Wildman–Crippen LogP) is 4.68. The van der Waals surface area contributed by atoms with Crippen molar-refractivity contribution < 1.29 is 17.9 Å². The SMILES string of the molecule is CC(C)(C)c1ccc(S(=O)(=O)N2CCc3cc(Br)ccc32)cc1.CCOC=O. The van der Waals surface area contributed by atoms with Crippen LogP contribution in [-0.2, 0) is 31.4 Å². The second kappa shape index (κ2) is 9.09. The molecule has 0 saturated carbocycles. The standard InChI is InChI=1S/C18H20BrNO2S.C3H6O2/c1-18(2,3)14-4-7-16(8-5-14)23(21,22)20-11-10-13-12-15(19)6-9-17(13)20;1-2-5-3-4/h4-9,12H,10-11H2,1-3H3;3H,2H2,1H3. The van der Waals surface area contributed by atoms with Gasteiger partial charge in [0.2, 0.25) is 0 Å². The van der Waals surface area contributed by atoms with E-state index in [-0.39, 0.29) is 5.41 Å². The van der Waals surface area contributed by atoms with Gasteiger partial charge < -0.3 is 4.74 Å². The fourth-order valence-corrected chi connectivity index (χ4v) is 4.82. The number of carbonyl (C=O) groups is 1. The Labute approximate surface area is 175 Å². The molecule has 1 heterocycles. The lowest BCUT2D eigenvalue weighted by molar-refractivity contribution is -0.128. The second-order valence-corrected chi connectivity index (χ2v) is 10.2. The number of fused-ring (bicyclic) bond motifs is 1. The lowest BCUT2D eigenvalue weighted by Crippen LogP contribution is -2.29. The molecule has 28 heavy (non-hydrogen) atoms. The molecular formula is C21H26BrNO4S. The van der Waals surface area contributed by atoms with Crippen molar-refractivity contribution in [2.24, 2.45) is 0 Å². The number of rotatable bonds is 4. The molecule has 1 aliphatic rings. The highest BCUT2D eigenvalue weighted by Gasteiger charge is 2.31. The van der Waals surface area contributed by atoms with Crippen molar-refractivity contribution in [1.29, 1.82) is 0 Å². The fraction of sp³-hybridized carbons (Fsp3) is 0.381. The molecule has 1 aliphatic heterocycles. The second-order valence-electron chi connectivity index (χ2n) is 7.43. The first kappa shape index (κ1) is 22.4. The summed E-state index contributed by atoms with van der Waals surface area (Å²) >= 11 is 3.44. The molecule has 0 amide bonds. The normalized spacial score (nSPS) is 13.4. The number of hydrogen-bond donors (Lipinski definition) is 0. The summed E-state index contributed by atoms with van der Waals surface area (Å²) in [6.45, 7) is 9.51. The molecule has 0 unspecified atom stereocenters. The Morgan fingerprint density at radius 3 is 2.29 bits per heavy atom. The van der Waals surface area contributed by atoms with Gasteiger partial charge in [0.05, 0.1) is 17.2 Å². The Morgan fingerprint density at radius 1 is 1.14 bits per heavy atom. The lowest BCUT2D eigenvalue weighted by Gasteiger charge is -2.22. The smallest absolute Gasteiger partial charge is 0.293 e. The maximum absolute atomic E-state index is 13.0. The molecule has 0 fully saturated rings. The van der Waals surface area contributed by atoms with Crippen molar-refractivity contribution in [3.05, 3.63) is 58.1 Å². The molecule has 152 valence electrons. The van der Waals surface area contributed by atoms with E-state index in [4.69, 9.17) is 0 Å². The number of benzene rings is 2. The van der Waals surface area contributed by atoms with E-state index in [1.807, 2.05) is 30.3 Å². The number of halogens is 1. The maximum Gasteiger partial charge on any atom is 0.293 e. The number of carbonyl (C=O) groups excluding carboxylic acids is 1. The van der Waals surface area contributed by atoms with Gasteiger partial charge in [-0.3, -0.25) is 9.10 Å². The molecule has 2 aromatic carbocycles. The van der Waals surface area contributed by atoms with Crippen LogP contribution < -0.4 is 4.31 Å². The summed E-state index contributed by atoms with van der Waals surface area (Å²) in [7, 11) is -3.51.